The van der Waals surface area contributed by atoms with E-state index < -0.39 is 22.7 Å². The van der Waals surface area contributed by atoms with Crippen LogP contribution in [0.3, 0.4) is 0 Å². The number of carbonyl (C=O) groups is 2. The van der Waals surface area contributed by atoms with Crippen molar-refractivity contribution in [2.75, 3.05) is 13.8 Å². The number of carbonyl (C=O) groups excluding carboxylic acids is 2. The lowest BCUT2D eigenvalue weighted by atomic mass is 9.96. The first kappa shape index (κ1) is 16.5. The third-order valence-corrected chi connectivity index (χ3v) is 5.74. The van der Waals surface area contributed by atoms with Gasteiger partial charge in [0.05, 0.1) is 19.1 Å². The van der Waals surface area contributed by atoms with Crippen LogP contribution in [0.15, 0.2) is 28.9 Å². The minimum Gasteiger partial charge on any atom is -0.497 e. The number of nitrogens with zero attached hydrogens (tertiary/aromatic N) is 1. The molecule has 7 nitrogen and oxygen atoms in total. The molecule has 0 fully saturated rings. The number of allylic oxidation sites excluding steroid dienone is 2. The summed E-state index contributed by atoms with van der Waals surface area (Å²) >= 11 is 0. The highest BCUT2D eigenvalue weighted by Gasteiger charge is 2.44. The highest BCUT2D eigenvalue weighted by atomic mass is 32.2. The van der Waals surface area contributed by atoms with Gasteiger partial charge in [0.2, 0.25) is 0 Å². The average molecular weight is 351 g/mol. The summed E-state index contributed by atoms with van der Waals surface area (Å²) in [6.45, 7) is 3.30. The number of rotatable bonds is 5. The maximum Gasteiger partial charge on any atom is 0.272 e. The Morgan fingerprint density at radius 1 is 1.25 bits per heavy atom. The summed E-state index contributed by atoms with van der Waals surface area (Å²) in [5, 5.41) is 0. The zero-order chi connectivity index (χ0) is 17.6. The van der Waals surface area contributed by atoms with E-state index in [0.29, 0.717) is 21.4 Å². The van der Waals surface area contributed by atoms with Gasteiger partial charge in [0.25, 0.3) is 15.9 Å². The SMILES string of the molecule is COc1cc(C(C)C)c2c(c1)S(=O)(=O)N(COC1=CC(=O)C1)C2=O. The molecule has 0 radical (unpaired) electrons. The van der Waals surface area contributed by atoms with Gasteiger partial charge in [0.1, 0.15) is 16.4 Å². The number of hydrogen-bond acceptors (Lipinski definition) is 6. The maximum atomic E-state index is 12.7. The second kappa shape index (κ2) is 5.62. The number of ether oxygens (including phenoxy) is 2. The van der Waals surface area contributed by atoms with E-state index in [1.54, 1.807) is 6.07 Å². The summed E-state index contributed by atoms with van der Waals surface area (Å²) in [7, 11) is -2.57. The number of hydrogen-bond donors (Lipinski definition) is 0. The van der Waals surface area contributed by atoms with Gasteiger partial charge in [0, 0.05) is 12.1 Å². The summed E-state index contributed by atoms with van der Waals surface area (Å²) in [5.41, 5.74) is 0.770. The molecule has 0 atom stereocenters. The number of methoxy groups -OCH3 is 1. The molecule has 8 heteroatoms. The Morgan fingerprint density at radius 2 is 1.92 bits per heavy atom. The minimum atomic E-state index is -4.01. The molecule has 1 aliphatic heterocycles. The topological polar surface area (TPSA) is 90.0 Å². The summed E-state index contributed by atoms with van der Waals surface area (Å²) in [6, 6.07) is 3.02. The summed E-state index contributed by atoms with van der Waals surface area (Å²) in [6.07, 6.45) is 1.41. The van der Waals surface area contributed by atoms with E-state index in [1.807, 2.05) is 13.8 Å². The van der Waals surface area contributed by atoms with Crippen LogP contribution in [0.1, 0.15) is 42.1 Å². The normalized spacial score (nSPS) is 18.3. The number of sulfonamides is 1. The summed E-state index contributed by atoms with van der Waals surface area (Å²) in [5.74, 6) is -0.0105. The molecular formula is C16H17NO6S. The van der Waals surface area contributed by atoms with Crippen molar-refractivity contribution in [3.05, 3.63) is 35.1 Å². The Bertz CT molecular complexity index is 869. The van der Waals surface area contributed by atoms with Gasteiger partial charge in [-0.15, -0.1) is 0 Å². The smallest absolute Gasteiger partial charge is 0.272 e. The molecule has 3 rings (SSSR count). The van der Waals surface area contributed by atoms with Gasteiger partial charge in [0.15, 0.2) is 12.5 Å². The Labute approximate surface area is 139 Å². The largest absolute Gasteiger partial charge is 0.497 e. The molecule has 1 heterocycles. The quantitative estimate of drug-likeness (QED) is 0.803. The highest BCUT2D eigenvalue weighted by molar-refractivity contribution is 7.90. The third-order valence-electron chi connectivity index (χ3n) is 4.01. The fourth-order valence-electron chi connectivity index (χ4n) is 2.65. The molecule has 0 N–H and O–H groups in total. The fraction of sp³-hybridized carbons (Fsp3) is 0.375. The van der Waals surface area contributed by atoms with Crippen LogP contribution in [-0.4, -0.2) is 38.3 Å². The predicted molar refractivity (Wildman–Crippen MR) is 84.1 cm³/mol. The predicted octanol–water partition coefficient (Wildman–Crippen LogP) is 1.79. The van der Waals surface area contributed by atoms with Crippen molar-refractivity contribution >= 4 is 21.7 Å². The molecule has 2 aliphatic rings. The van der Waals surface area contributed by atoms with Gasteiger partial charge < -0.3 is 9.47 Å². The molecule has 0 saturated heterocycles. The molecular weight excluding hydrogens is 334 g/mol. The lowest BCUT2D eigenvalue weighted by Crippen LogP contribution is -2.33. The van der Waals surface area contributed by atoms with Crippen molar-refractivity contribution < 1.29 is 27.5 Å². The van der Waals surface area contributed by atoms with E-state index >= 15 is 0 Å². The van der Waals surface area contributed by atoms with E-state index in [4.69, 9.17) is 9.47 Å². The molecule has 0 spiro atoms. The van der Waals surface area contributed by atoms with Gasteiger partial charge in [-0.05, 0) is 17.5 Å². The molecule has 1 aliphatic carbocycles. The van der Waals surface area contributed by atoms with Crippen LogP contribution in [0.5, 0.6) is 5.75 Å². The lowest BCUT2D eigenvalue weighted by Gasteiger charge is -2.20. The van der Waals surface area contributed by atoms with Gasteiger partial charge >= 0.3 is 0 Å². The van der Waals surface area contributed by atoms with Crippen LogP contribution in [0, 0.1) is 0 Å². The second-order valence-electron chi connectivity index (χ2n) is 5.93. The molecule has 1 aromatic rings. The lowest BCUT2D eigenvalue weighted by molar-refractivity contribution is -0.117. The minimum absolute atomic E-state index is 0.0548. The van der Waals surface area contributed by atoms with Crippen molar-refractivity contribution in [3.63, 3.8) is 0 Å². The first-order chi connectivity index (χ1) is 11.3. The van der Waals surface area contributed by atoms with E-state index in [2.05, 4.69) is 0 Å². The van der Waals surface area contributed by atoms with Crippen molar-refractivity contribution in [1.82, 2.24) is 4.31 Å². The number of fused-ring (bicyclic) bond motifs is 1. The van der Waals surface area contributed by atoms with Crippen LogP contribution in [0.25, 0.3) is 0 Å². The van der Waals surface area contributed by atoms with Crippen molar-refractivity contribution in [2.45, 2.75) is 31.1 Å². The molecule has 0 saturated carbocycles. The van der Waals surface area contributed by atoms with Gasteiger partial charge in [-0.3, -0.25) is 9.59 Å². The Kier molecular flexibility index (Phi) is 3.87. The monoisotopic (exact) mass is 351 g/mol. The van der Waals surface area contributed by atoms with Crippen molar-refractivity contribution in [3.8, 4) is 5.75 Å². The highest BCUT2D eigenvalue weighted by Crippen LogP contribution is 2.38. The fourth-order valence-corrected chi connectivity index (χ4v) is 4.12. The molecule has 1 amide bonds. The van der Waals surface area contributed by atoms with Crippen LogP contribution < -0.4 is 4.74 Å². The molecule has 0 aromatic heterocycles. The zero-order valence-corrected chi connectivity index (χ0v) is 14.3. The van der Waals surface area contributed by atoms with E-state index in [-0.39, 0.29) is 28.6 Å². The first-order valence-corrected chi connectivity index (χ1v) is 8.85. The molecule has 24 heavy (non-hydrogen) atoms. The zero-order valence-electron chi connectivity index (χ0n) is 13.5. The summed E-state index contributed by atoms with van der Waals surface area (Å²) < 4.78 is 36.5. The first-order valence-electron chi connectivity index (χ1n) is 7.41. The molecule has 0 bridgehead atoms. The van der Waals surface area contributed by atoms with E-state index in [1.165, 1.54) is 19.3 Å². The van der Waals surface area contributed by atoms with Gasteiger partial charge in [-0.1, -0.05) is 13.8 Å². The molecule has 128 valence electrons. The van der Waals surface area contributed by atoms with E-state index in [0.717, 1.165) is 0 Å². The number of amides is 1. The van der Waals surface area contributed by atoms with Gasteiger partial charge in [-0.2, -0.15) is 4.31 Å². The maximum absolute atomic E-state index is 12.7. The van der Waals surface area contributed by atoms with E-state index in [9.17, 15) is 18.0 Å². The van der Waals surface area contributed by atoms with Crippen LogP contribution in [0.4, 0.5) is 0 Å². The number of benzene rings is 1. The molecule has 0 unspecified atom stereocenters. The number of ketones is 1. The molecule has 1 aromatic carbocycles. The van der Waals surface area contributed by atoms with Crippen molar-refractivity contribution in [1.29, 1.82) is 0 Å². The second-order valence-corrected chi connectivity index (χ2v) is 7.76. The third kappa shape index (κ3) is 2.47. The van der Waals surface area contributed by atoms with Crippen molar-refractivity contribution in [2.24, 2.45) is 0 Å². The standard InChI is InChI=1S/C16H17NO6S/c1-9(2)13-6-11(22-3)7-14-15(13)16(19)17(24(14,20)21)8-23-12-4-10(18)5-12/h4,6-7,9H,5,8H2,1-3H3. The van der Waals surface area contributed by atoms with Gasteiger partial charge in [-0.25, -0.2) is 8.42 Å². The summed E-state index contributed by atoms with van der Waals surface area (Å²) in [4.78, 5) is 23.5. The Balaban J connectivity index is 2.01. The average Bonchev–Trinajstić information content (AvgIpc) is 2.69. The van der Waals surface area contributed by atoms with Crippen LogP contribution >= 0.6 is 0 Å². The van der Waals surface area contributed by atoms with Crippen LogP contribution in [-0.2, 0) is 19.6 Å². The Morgan fingerprint density at radius 3 is 2.46 bits per heavy atom. The van der Waals surface area contributed by atoms with Crippen LogP contribution in [0.2, 0.25) is 0 Å². The Hall–Kier alpha value is -2.35.